The molecule has 0 saturated heterocycles. The summed E-state index contributed by atoms with van der Waals surface area (Å²) in [5.74, 6) is -0.686. The van der Waals surface area contributed by atoms with Crippen molar-refractivity contribution in [2.45, 2.75) is 19.8 Å². The van der Waals surface area contributed by atoms with Crippen LogP contribution in [0.1, 0.15) is 25.5 Å². The van der Waals surface area contributed by atoms with E-state index in [1.54, 1.807) is 0 Å². The van der Waals surface area contributed by atoms with Crippen LogP contribution in [0.25, 0.3) is 0 Å². The summed E-state index contributed by atoms with van der Waals surface area (Å²) in [6.45, 7) is 3.62. The van der Waals surface area contributed by atoms with Gasteiger partial charge in [0.1, 0.15) is 0 Å². The van der Waals surface area contributed by atoms with Crippen LogP contribution in [0.4, 0.5) is 4.39 Å². The molecule has 2 N–H and O–H groups in total. The minimum absolute atomic E-state index is 0.0129. The van der Waals surface area contributed by atoms with Crippen LogP contribution in [0.2, 0.25) is 0 Å². The average Bonchev–Trinajstić information content (AvgIpc) is 2.14. The molecule has 0 atom stereocenters. The molecule has 0 unspecified atom stereocenters. The van der Waals surface area contributed by atoms with E-state index in [0.717, 1.165) is 0 Å². The number of rotatable bonds is 1. The highest BCUT2D eigenvalue weighted by Gasteiger charge is 2.10. The van der Waals surface area contributed by atoms with Crippen molar-refractivity contribution >= 4 is 0 Å². The normalized spacial score (nSPS) is 10.8. The Morgan fingerprint density at radius 2 is 2.00 bits per heavy atom. The maximum atomic E-state index is 12.6. The monoisotopic (exact) mass is 144 g/mol. The second-order valence-electron chi connectivity index (χ2n) is 2.46. The maximum absolute atomic E-state index is 12.6. The first-order chi connectivity index (χ1) is 4.63. The Balaban J connectivity index is 3.18. The first-order valence-corrected chi connectivity index (χ1v) is 3.09. The van der Waals surface area contributed by atoms with E-state index in [1.165, 1.54) is 0 Å². The number of aromatic amines is 2. The first kappa shape index (κ1) is 7.05. The zero-order chi connectivity index (χ0) is 7.72. The van der Waals surface area contributed by atoms with Crippen LogP contribution in [-0.2, 0) is 0 Å². The van der Waals surface area contributed by atoms with Crippen LogP contribution in [0.5, 0.6) is 0 Å². The van der Waals surface area contributed by atoms with E-state index < -0.39 is 11.4 Å². The van der Waals surface area contributed by atoms with E-state index in [0.29, 0.717) is 5.69 Å². The minimum Gasteiger partial charge on any atom is -0.299 e. The third-order valence-corrected chi connectivity index (χ3v) is 1.32. The standard InChI is InChI=1S/C6H9FN2O/c1-3(2)5-4(7)6(10)9-8-5/h3H,1-2H3,(H2,8,9,10). The molecule has 3 nitrogen and oxygen atoms in total. The molecule has 0 radical (unpaired) electrons. The quantitative estimate of drug-likeness (QED) is 0.606. The molecule has 0 saturated carbocycles. The van der Waals surface area contributed by atoms with Crippen molar-refractivity contribution < 1.29 is 4.39 Å². The van der Waals surface area contributed by atoms with Gasteiger partial charge in [-0.2, -0.15) is 4.39 Å². The molecule has 1 aromatic heterocycles. The highest BCUT2D eigenvalue weighted by atomic mass is 19.1. The lowest BCUT2D eigenvalue weighted by Gasteiger charge is -1.97. The Bertz CT molecular complexity index is 274. The molecular formula is C6H9FN2O. The van der Waals surface area contributed by atoms with Crippen molar-refractivity contribution in [2.24, 2.45) is 0 Å². The second-order valence-corrected chi connectivity index (χ2v) is 2.46. The molecule has 0 aliphatic rings. The topological polar surface area (TPSA) is 48.6 Å². The lowest BCUT2D eigenvalue weighted by Crippen LogP contribution is -2.03. The Morgan fingerprint density at radius 3 is 2.20 bits per heavy atom. The molecule has 1 aromatic rings. The van der Waals surface area contributed by atoms with Gasteiger partial charge < -0.3 is 0 Å². The van der Waals surface area contributed by atoms with Gasteiger partial charge in [0.05, 0.1) is 5.69 Å². The third-order valence-electron chi connectivity index (χ3n) is 1.32. The largest absolute Gasteiger partial charge is 0.300 e. The molecule has 1 rings (SSSR count). The third kappa shape index (κ3) is 0.964. The van der Waals surface area contributed by atoms with Crippen LogP contribution in [0.15, 0.2) is 4.79 Å². The molecular weight excluding hydrogens is 135 g/mol. The number of H-pyrrole nitrogens is 2. The van der Waals surface area contributed by atoms with E-state index >= 15 is 0 Å². The summed E-state index contributed by atoms with van der Waals surface area (Å²) in [5, 5.41) is 4.62. The summed E-state index contributed by atoms with van der Waals surface area (Å²) in [5.41, 5.74) is -0.339. The molecule has 0 spiro atoms. The van der Waals surface area contributed by atoms with Crippen molar-refractivity contribution in [3.63, 3.8) is 0 Å². The molecule has 1 heterocycles. The van der Waals surface area contributed by atoms with Crippen LogP contribution in [0, 0.1) is 5.82 Å². The fraction of sp³-hybridized carbons (Fsp3) is 0.500. The van der Waals surface area contributed by atoms with Gasteiger partial charge >= 0.3 is 0 Å². The first-order valence-electron chi connectivity index (χ1n) is 3.09. The summed E-state index contributed by atoms with van der Waals surface area (Å²) in [7, 11) is 0. The van der Waals surface area contributed by atoms with Gasteiger partial charge in [0.25, 0.3) is 5.56 Å². The van der Waals surface area contributed by atoms with E-state index in [2.05, 4.69) is 10.2 Å². The van der Waals surface area contributed by atoms with Gasteiger partial charge in [-0.25, -0.2) is 0 Å². The Hall–Kier alpha value is -1.06. The lowest BCUT2D eigenvalue weighted by atomic mass is 10.1. The lowest BCUT2D eigenvalue weighted by molar-refractivity contribution is 0.589. The van der Waals surface area contributed by atoms with Crippen LogP contribution >= 0.6 is 0 Å². The molecule has 4 heteroatoms. The Labute approximate surface area is 57.3 Å². The molecule has 56 valence electrons. The molecule has 10 heavy (non-hydrogen) atoms. The molecule has 0 amide bonds. The summed E-state index contributed by atoms with van der Waals surface area (Å²) >= 11 is 0. The van der Waals surface area contributed by atoms with Crippen molar-refractivity contribution in [1.29, 1.82) is 0 Å². The van der Waals surface area contributed by atoms with Gasteiger partial charge in [0.2, 0.25) is 5.82 Å². The Kier molecular flexibility index (Phi) is 1.61. The van der Waals surface area contributed by atoms with E-state index in [4.69, 9.17) is 0 Å². The summed E-state index contributed by atoms with van der Waals surface area (Å²) < 4.78 is 12.6. The Morgan fingerprint density at radius 1 is 1.40 bits per heavy atom. The van der Waals surface area contributed by atoms with Gasteiger partial charge in [0, 0.05) is 0 Å². The van der Waals surface area contributed by atoms with E-state index in [9.17, 15) is 9.18 Å². The zero-order valence-electron chi connectivity index (χ0n) is 5.86. The van der Waals surface area contributed by atoms with E-state index in [1.807, 2.05) is 13.8 Å². The summed E-state index contributed by atoms with van der Waals surface area (Å²) in [6.07, 6.45) is 0. The predicted molar refractivity (Wildman–Crippen MR) is 35.5 cm³/mol. The molecule has 0 aromatic carbocycles. The number of halogens is 1. The van der Waals surface area contributed by atoms with Crippen LogP contribution in [0.3, 0.4) is 0 Å². The maximum Gasteiger partial charge on any atom is 0.300 e. The molecule has 0 aliphatic carbocycles. The van der Waals surface area contributed by atoms with Gasteiger partial charge in [-0.05, 0) is 5.92 Å². The van der Waals surface area contributed by atoms with Gasteiger partial charge in [-0.15, -0.1) is 0 Å². The smallest absolute Gasteiger partial charge is 0.299 e. The van der Waals surface area contributed by atoms with Crippen molar-refractivity contribution in [3.05, 3.63) is 21.9 Å². The highest BCUT2D eigenvalue weighted by molar-refractivity contribution is 5.06. The zero-order valence-corrected chi connectivity index (χ0v) is 5.86. The number of hydrogen-bond acceptors (Lipinski definition) is 1. The average molecular weight is 144 g/mol. The minimum atomic E-state index is -0.699. The highest BCUT2D eigenvalue weighted by Crippen LogP contribution is 2.10. The molecule has 0 bridgehead atoms. The van der Waals surface area contributed by atoms with Gasteiger partial charge in [-0.3, -0.25) is 15.0 Å². The van der Waals surface area contributed by atoms with Crippen molar-refractivity contribution in [3.8, 4) is 0 Å². The van der Waals surface area contributed by atoms with Crippen LogP contribution in [-0.4, -0.2) is 10.2 Å². The summed E-state index contributed by atoms with van der Waals surface area (Å²) in [4.78, 5) is 10.5. The van der Waals surface area contributed by atoms with E-state index in [-0.39, 0.29) is 5.92 Å². The number of aromatic nitrogens is 2. The fourth-order valence-corrected chi connectivity index (χ4v) is 0.754. The number of nitrogens with one attached hydrogen (secondary N) is 2. The van der Waals surface area contributed by atoms with Crippen molar-refractivity contribution in [1.82, 2.24) is 10.2 Å². The summed E-state index contributed by atoms with van der Waals surface area (Å²) in [6, 6.07) is 0. The van der Waals surface area contributed by atoms with Gasteiger partial charge in [-0.1, -0.05) is 13.8 Å². The predicted octanol–water partition coefficient (Wildman–Crippen LogP) is 0.966. The van der Waals surface area contributed by atoms with Crippen LogP contribution < -0.4 is 5.56 Å². The molecule has 0 aliphatic heterocycles. The van der Waals surface area contributed by atoms with Crippen molar-refractivity contribution in [2.75, 3.05) is 0 Å². The second kappa shape index (κ2) is 2.28. The number of hydrogen-bond donors (Lipinski definition) is 2. The fourth-order valence-electron chi connectivity index (χ4n) is 0.754. The SMILES string of the molecule is CC(C)c1[nH][nH]c(=O)c1F. The van der Waals surface area contributed by atoms with Gasteiger partial charge in [0.15, 0.2) is 0 Å². The molecule has 0 fully saturated rings.